The summed E-state index contributed by atoms with van der Waals surface area (Å²) in [7, 11) is 0. The second kappa shape index (κ2) is 8.50. The van der Waals surface area contributed by atoms with Gasteiger partial charge in [0.25, 0.3) is 5.91 Å². The maximum atomic E-state index is 12.1. The Morgan fingerprint density at radius 1 is 1.00 bits per heavy atom. The predicted molar refractivity (Wildman–Crippen MR) is 91.9 cm³/mol. The highest BCUT2D eigenvalue weighted by Gasteiger charge is 2.23. The van der Waals surface area contributed by atoms with Gasteiger partial charge in [-0.3, -0.25) is 4.79 Å². The van der Waals surface area contributed by atoms with E-state index in [0.717, 1.165) is 0 Å². The Labute approximate surface area is 146 Å². The molecule has 2 aromatic carbocycles. The van der Waals surface area contributed by atoms with E-state index < -0.39 is 24.1 Å². The SMILES string of the molecule is C[C@H](Oc1ccc(C#N)cc1)C(=O)O[C@H](C)C(=O)Nc1ccccc1. The molecule has 0 aromatic heterocycles. The number of hydrogen-bond donors (Lipinski definition) is 1. The van der Waals surface area contributed by atoms with Crippen LogP contribution in [-0.2, 0) is 14.3 Å². The van der Waals surface area contributed by atoms with Gasteiger partial charge in [0.2, 0.25) is 0 Å². The van der Waals surface area contributed by atoms with E-state index in [2.05, 4.69) is 5.32 Å². The van der Waals surface area contributed by atoms with Crippen molar-refractivity contribution >= 4 is 17.6 Å². The average molecular weight is 338 g/mol. The molecule has 2 rings (SSSR count). The molecule has 0 aliphatic heterocycles. The predicted octanol–water partition coefficient (Wildman–Crippen LogP) is 2.90. The number of para-hydroxylation sites is 1. The molecular weight excluding hydrogens is 320 g/mol. The molecule has 0 unspecified atom stereocenters. The number of ether oxygens (including phenoxy) is 2. The summed E-state index contributed by atoms with van der Waals surface area (Å²) in [5, 5.41) is 11.4. The highest BCUT2D eigenvalue weighted by molar-refractivity contribution is 5.95. The smallest absolute Gasteiger partial charge is 0.347 e. The lowest BCUT2D eigenvalue weighted by Crippen LogP contribution is -2.35. The van der Waals surface area contributed by atoms with Crippen LogP contribution in [0.1, 0.15) is 19.4 Å². The Kier molecular flexibility index (Phi) is 6.13. The molecule has 2 atom stereocenters. The van der Waals surface area contributed by atoms with Crippen LogP contribution in [-0.4, -0.2) is 24.1 Å². The number of esters is 1. The normalized spacial score (nSPS) is 12.4. The molecule has 0 aliphatic rings. The van der Waals surface area contributed by atoms with Crippen molar-refractivity contribution < 1.29 is 19.1 Å². The van der Waals surface area contributed by atoms with Crippen LogP contribution in [0, 0.1) is 11.3 Å². The number of nitrogens with zero attached hydrogens (tertiary/aromatic N) is 1. The molecule has 0 fully saturated rings. The molecule has 0 bridgehead atoms. The number of carbonyl (C=O) groups excluding carboxylic acids is 2. The number of nitriles is 1. The first-order valence-corrected chi connectivity index (χ1v) is 7.73. The number of rotatable bonds is 6. The zero-order valence-electron chi connectivity index (χ0n) is 13.9. The molecule has 0 spiro atoms. The minimum atomic E-state index is -0.959. The van der Waals surface area contributed by atoms with Gasteiger partial charge in [-0.15, -0.1) is 0 Å². The zero-order valence-corrected chi connectivity index (χ0v) is 13.9. The quantitative estimate of drug-likeness (QED) is 0.818. The summed E-state index contributed by atoms with van der Waals surface area (Å²) in [4.78, 5) is 24.1. The Morgan fingerprint density at radius 2 is 1.64 bits per heavy atom. The first-order chi connectivity index (χ1) is 12.0. The van der Waals surface area contributed by atoms with Crippen LogP contribution in [0.15, 0.2) is 54.6 Å². The Bertz CT molecular complexity index is 766. The summed E-state index contributed by atoms with van der Waals surface area (Å²) in [6, 6.07) is 17.2. The minimum Gasteiger partial charge on any atom is -0.479 e. The van der Waals surface area contributed by atoms with Gasteiger partial charge in [0.05, 0.1) is 11.6 Å². The zero-order chi connectivity index (χ0) is 18.2. The summed E-state index contributed by atoms with van der Waals surface area (Å²) in [6.07, 6.45) is -1.85. The van der Waals surface area contributed by atoms with Gasteiger partial charge in [0.15, 0.2) is 12.2 Å². The van der Waals surface area contributed by atoms with E-state index in [1.165, 1.54) is 13.8 Å². The van der Waals surface area contributed by atoms with Crippen molar-refractivity contribution in [1.82, 2.24) is 0 Å². The molecule has 0 saturated heterocycles. The largest absolute Gasteiger partial charge is 0.479 e. The minimum absolute atomic E-state index is 0.426. The molecular formula is C19H18N2O4. The van der Waals surface area contributed by atoms with Crippen LogP contribution in [0.2, 0.25) is 0 Å². The van der Waals surface area contributed by atoms with E-state index in [1.54, 1.807) is 48.5 Å². The number of nitrogens with one attached hydrogen (secondary N) is 1. The van der Waals surface area contributed by atoms with E-state index in [1.807, 2.05) is 12.1 Å². The van der Waals surface area contributed by atoms with Gasteiger partial charge in [-0.25, -0.2) is 4.79 Å². The van der Waals surface area contributed by atoms with Crippen molar-refractivity contribution in [2.75, 3.05) is 5.32 Å². The second-order valence-electron chi connectivity index (χ2n) is 5.33. The Hall–Kier alpha value is -3.33. The lowest BCUT2D eigenvalue weighted by Gasteiger charge is -2.17. The number of hydrogen-bond acceptors (Lipinski definition) is 5. The summed E-state index contributed by atoms with van der Waals surface area (Å²) in [5.74, 6) is -0.643. The van der Waals surface area contributed by atoms with Crippen LogP contribution < -0.4 is 10.1 Å². The third-order valence-corrected chi connectivity index (χ3v) is 3.33. The number of anilines is 1. The fourth-order valence-corrected chi connectivity index (χ4v) is 1.95. The lowest BCUT2D eigenvalue weighted by atomic mass is 10.2. The Balaban J connectivity index is 1.86. The topological polar surface area (TPSA) is 88.4 Å². The fourth-order valence-electron chi connectivity index (χ4n) is 1.95. The molecule has 2 aromatic rings. The van der Waals surface area contributed by atoms with Crippen LogP contribution in [0.4, 0.5) is 5.69 Å². The molecule has 0 heterocycles. The van der Waals surface area contributed by atoms with Crippen LogP contribution in [0.5, 0.6) is 5.75 Å². The van der Waals surface area contributed by atoms with Gasteiger partial charge < -0.3 is 14.8 Å². The highest BCUT2D eigenvalue weighted by Crippen LogP contribution is 2.14. The van der Waals surface area contributed by atoms with Crippen LogP contribution in [0.3, 0.4) is 0 Å². The number of benzene rings is 2. The first kappa shape index (κ1) is 18.0. The van der Waals surface area contributed by atoms with Gasteiger partial charge >= 0.3 is 5.97 Å². The maximum Gasteiger partial charge on any atom is 0.347 e. The Morgan fingerprint density at radius 3 is 2.24 bits per heavy atom. The molecule has 0 aliphatic carbocycles. The van der Waals surface area contributed by atoms with Crippen molar-refractivity contribution in [3.63, 3.8) is 0 Å². The van der Waals surface area contributed by atoms with Gasteiger partial charge in [-0.05, 0) is 50.2 Å². The summed E-state index contributed by atoms with van der Waals surface area (Å²) in [5.41, 5.74) is 1.12. The maximum absolute atomic E-state index is 12.1. The van der Waals surface area contributed by atoms with Gasteiger partial charge in [0, 0.05) is 5.69 Å². The lowest BCUT2D eigenvalue weighted by molar-refractivity contribution is -0.159. The molecule has 128 valence electrons. The number of carbonyl (C=O) groups is 2. The third kappa shape index (κ3) is 5.36. The number of amides is 1. The van der Waals surface area contributed by atoms with Crippen molar-refractivity contribution in [1.29, 1.82) is 5.26 Å². The summed E-state index contributed by atoms with van der Waals surface area (Å²) >= 11 is 0. The van der Waals surface area contributed by atoms with Crippen molar-refractivity contribution in [3.8, 4) is 11.8 Å². The molecule has 6 heteroatoms. The van der Waals surface area contributed by atoms with E-state index in [0.29, 0.717) is 17.0 Å². The van der Waals surface area contributed by atoms with Gasteiger partial charge in [-0.1, -0.05) is 18.2 Å². The molecule has 1 amide bonds. The molecule has 0 radical (unpaired) electrons. The third-order valence-electron chi connectivity index (χ3n) is 3.33. The van der Waals surface area contributed by atoms with E-state index >= 15 is 0 Å². The van der Waals surface area contributed by atoms with Crippen LogP contribution >= 0.6 is 0 Å². The van der Waals surface area contributed by atoms with E-state index in [4.69, 9.17) is 14.7 Å². The van der Waals surface area contributed by atoms with Crippen LogP contribution in [0.25, 0.3) is 0 Å². The second-order valence-corrected chi connectivity index (χ2v) is 5.33. The summed E-state index contributed by atoms with van der Waals surface area (Å²) in [6.45, 7) is 3.02. The average Bonchev–Trinajstić information content (AvgIpc) is 2.63. The van der Waals surface area contributed by atoms with Gasteiger partial charge in [0.1, 0.15) is 5.75 Å². The van der Waals surface area contributed by atoms with E-state index in [-0.39, 0.29) is 0 Å². The highest BCUT2D eigenvalue weighted by atomic mass is 16.6. The van der Waals surface area contributed by atoms with Crippen molar-refractivity contribution in [3.05, 3.63) is 60.2 Å². The van der Waals surface area contributed by atoms with Gasteiger partial charge in [-0.2, -0.15) is 5.26 Å². The summed E-state index contributed by atoms with van der Waals surface area (Å²) < 4.78 is 10.6. The van der Waals surface area contributed by atoms with Crippen molar-refractivity contribution in [2.24, 2.45) is 0 Å². The standard InChI is InChI=1S/C19H18N2O4/c1-13(18(22)21-16-6-4-3-5-7-16)25-19(23)14(2)24-17-10-8-15(12-20)9-11-17/h3-11,13-14H,1-2H3,(H,21,22)/t13-,14+/m1/s1. The van der Waals surface area contributed by atoms with E-state index in [9.17, 15) is 9.59 Å². The fraction of sp³-hybridized carbons (Fsp3) is 0.211. The molecule has 25 heavy (non-hydrogen) atoms. The van der Waals surface area contributed by atoms with Crippen molar-refractivity contribution in [2.45, 2.75) is 26.1 Å². The molecule has 1 N–H and O–H groups in total. The molecule has 0 saturated carbocycles. The molecule has 6 nitrogen and oxygen atoms in total. The monoisotopic (exact) mass is 338 g/mol. The first-order valence-electron chi connectivity index (χ1n) is 7.73.